The molecular weight excluding hydrogens is 358 g/mol. The normalized spacial score (nSPS) is 13.6. The molecule has 0 saturated carbocycles. The smallest absolute Gasteiger partial charge is 0.249 e. The van der Waals surface area contributed by atoms with Gasteiger partial charge in [-0.25, -0.2) is 8.42 Å². The second-order valence-electron chi connectivity index (χ2n) is 6.94. The number of aryl methyl sites for hydroxylation is 1. The first-order chi connectivity index (χ1) is 12.7. The molecule has 0 heterocycles. The van der Waals surface area contributed by atoms with Crippen LogP contribution in [0.4, 0.5) is 0 Å². The molecule has 1 amide bonds. The lowest BCUT2D eigenvalue weighted by Gasteiger charge is -2.14. The predicted octanol–water partition coefficient (Wildman–Crippen LogP) is 3.90. The Morgan fingerprint density at radius 1 is 1.22 bits per heavy atom. The van der Waals surface area contributed by atoms with E-state index in [1.54, 1.807) is 6.07 Å². The average molecular weight is 381 g/mol. The summed E-state index contributed by atoms with van der Waals surface area (Å²) >= 11 is 0. The summed E-state index contributed by atoms with van der Waals surface area (Å²) in [7, 11) is -3.23. The fourth-order valence-corrected chi connectivity index (χ4v) is 4.27. The highest BCUT2D eigenvalue weighted by Gasteiger charge is 2.24. The van der Waals surface area contributed by atoms with Crippen molar-refractivity contribution in [3.8, 4) is 11.1 Å². The van der Waals surface area contributed by atoms with Crippen LogP contribution in [0.5, 0.6) is 0 Å². The molecule has 3 rings (SSSR count). The molecule has 0 atom stereocenters. The molecule has 0 saturated heterocycles. The fourth-order valence-electron chi connectivity index (χ4n) is 3.58. The second kappa shape index (κ2) is 7.16. The number of allylic oxidation sites excluding steroid dienone is 2. The number of carbonyl (C=O) groups is 1. The first kappa shape index (κ1) is 19.1. The molecule has 0 aliphatic heterocycles. The minimum absolute atomic E-state index is 0.0384. The van der Waals surface area contributed by atoms with Crippen LogP contribution < -0.4 is 5.73 Å². The molecule has 0 radical (unpaired) electrons. The number of rotatable bonds is 6. The number of hydrogen-bond acceptors (Lipinski definition) is 3. The zero-order chi connectivity index (χ0) is 19.8. The zero-order valence-electron chi connectivity index (χ0n) is 15.6. The Bertz CT molecular complexity index is 1080. The number of carbonyl (C=O) groups excluding carboxylic acids is 1. The van der Waals surface area contributed by atoms with Crippen molar-refractivity contribution >= 4 is 21.3 Å². The lowest BCUT2D eigenvalue weighted by molar-refractivity contribution is 0.0999. The van der Waals surface area contributed by atoms with Gasteiger partial charge in [0.2, 0.25) is 5.91 Å². The van der Waals surface area contributed by atoms with E-state index in [-0.39, 0.29) is 5.75 Å². The number of primary amides is 1. The van der Waals surface area contributed by atoms with Crippen molar-refractivity contribution < 1.29 is 13.2 Å². The zero-order valence-corrected chi connectivity index (χ0v) is 16.4. The lowest BCUT2D eigenvalue weighted by atomic mass is 9.90. The Hall–Kier alpha value is -2.66. The van der Waals surface area contributed by atoms with Crippen LogP contribution in [-0.2, 0) is 22.7 Å². The van der Waals surface area contributed by atoms with E-state index in [1.807, 2.05) is 30.3 Å². The summed E-state index contributed by atoms with van der Waals surface area (Å²) in [5, 5.41) is 1.00. The highest BCUT2D eigenvalue weighted by atomic mass is 32.2. The third-order valence-corrected chi connectivity index (χ3v) is 6.48. The summed E-state index contributed by atoms with van der Waals surface area (Å²) in [4.78, 5) is 11.8. The molecule has 0 fully saturated rings. The van der Waals surface area contributed by atoms with Gasteiger partial charge in [0.1, 0.15) is 0 Å². The van der Waals surface area contributed by atoms with E-state index in [0.717, 1.165) is 39.6 Å². The molecule has 1 aliphatic rings. The SMILES string of the molecule is C=CS(=O)(=O)CCc1cccc(-c2ccc(C(N)=O)c3c2C(C)=C(C)C3)c1. The standard InChI is InChI=1S/C22H23NO3S/c1-4-27(25,26)11-10-16-6-5-7-17(13-16)18-8-9-19(22(23)24)20-12-14(2)15(3)21(18)20/h4-9,13H,1,10-12H2,2-3H3,(H2,23,24). The molecule has 2 N–H and O–H groups in total. The summed E-state index contributed by atoms with van der Waals surface area (Å²) in [5.41, 5.74) is 13.6. The Kier molecular flexibility index (Phi) is 5.07. The minimum atomic E-state index is -3.23. The van der Waals surface area contributed by atoms with E-state index in [9.17, 15) is 13.2 Å². The van der Waals surface area contributed by atoms with Crippen LogP contribution in [0.1, 0.15) is 40.9 Å². The van der Waals surface area contributed by atoms with Crippen molar-refractivity contribution in [3.05, 3.63) is 76.2 Å². The van der Waals surface area contributed by atoms with Crippen LogP contribution >= 0.6 is 0 Å². The summed E-state index contributed by atoms with van der Waals surface area (Å²) in [6.45, 7) is 7.49. The third-order valence-electron chi connectivity index (χ3n) is 5.20. The van der Waals surface area contributed by atoms with Gasteiger partial charge >= 0.3 is 0 Å². The fraction of sp³-hybridized carbons (Fsp3) is 0.227. The molecule has 1 aliphatic carbocycles. The van der Waals surface area contributed by atoms with E-state index in [4.69, 9.17) is 5.73 Å². The van der Waals surface area contributed by atoms with Crippen molar-refractivity contribution in [2.45, 2.75) is 26.7 Å². The van der Waals surface area contributed by atoms with Crippen LogP contribution in [0.25, 0.3) is 16.7 Å². The topological polar surface area (TPSA) is 77.2 Å². The molecule has 0 spiro atoms. The van der Waals surface area contributed by atoms with E-state index < -0.39 is 15.7 Å². The minimum Gasteiger partial charge on any atom is -0.366 e. The van der Waals surface area contributed by atoms with E-state index in [0.29, 0.717) is 12.0 Å². The van der Waals surface area contributed by atoms with Crippen molar-refractivity contribution in [2.24, 2.45) is 5.73 Å². The van der Waals surface area contributed by atoms with Gasteiger partial charge in [-0.1, -0.05) is 42.5 Å². The van der Waals surface area contributed by atoms with Gasteiger partial charge in [-0.2, -0.15) is 0 Å². The van der Waals surface area contributed by atoms with Crippen LogP contribution in [-0.4, -0.2) is 20.1 Å². The second-order valence-corrected chi connectivity index (χ2v) is 9.01. The van der Waals surface area contributed by atoms with Crippen LogP contribution in [0.3, 0.4) is 0 Å². The Morgan fingerprint density at radius 3 is 2.63 bits per heavy atom. The van der Waals surface area contributed by atoms with Crippen molar-refractivity contribution in [3.63, 3.8) is 0 Å². The van der Waals surface area contributed by atoms with Gasteiger partial charge in [-0.3, -0.25) is 4.79 Å². The van der Waals surface area contributed by atoms with Crippen molar-refractivity contribution in [1.82, 2.24) is 0 Å². The Morgan fingerprint density at radius 2 is 1.96 bits per heavy atom. The maximum atomic E-state index is 11.8. The molecule has 27 heavy (non-hydrogen) atoms. The lowest BCUT2D eigenvalue weighted by Crippen LogP contribution is -2.14. The van der Waals surface area contributed by atoms with Crippen molar-refractivity contribution in [1.29, 1.82) is 0 Å². The number of sulfone groups is 1. The molecular formula is C22H23NO3S. The number of hydrogen-bond donors (Lipinski definition) is 1. The predicted molar refractivity (Wildman–Crippen MR) is 110 cm³/mol. The Balaban J connectivity index is 2.06. The van der Waals surface area contributed by atoms with Crippen LogP contribution in [0, 0.1) is 0 Å². The first-order valence-corrected chi connectivity index (χ1v) is 10.5. The number of nitrogens with two attached hydrogens (primary N) is 1. The molecule has 0 aromatic heterocycles. The number of amides is 1. The highest BCUT2D eigenvalue weighted by Crippen LogP contribution is 2.41. The maximum Gasteiger partial charge on any atom is 0.249 e. The van der Waals surface area contributed by atoms with E-state index in [1.165, 1.54) is 11.1 Å². The molecule has 0 bridgehead atoms. The molecule has 4 nitrogen and oxygen atoms in total. The summed E-state index contributed by atoms with van der Waals surface area (Å²) < 4.78 is 23.4. The summed E-state index contributed by atoms with van der Waals surface area (Å²) in [5.74, 6) is -0.375. The number of benzene rings is 2. The van der Waals surface area contributed by atoms with Gasteiger partial charge < -0.3 is 5.73 Å². The molecule has 0 unspecified atom stereocenters. The van der Waals surface area contributed by atoms with Gasteiger partial charge in [-0.15, -0.1) is 0 Å². The van der Waals surface area contributed by atoms with Gasteiger partial charge in [0.25, 0.3) is 0 Å². The quantitative estimate of drug-likeness (QED) is 0.824. The third kappa shape index (κ3) is 3.74. The van der Waals surface area contributed by atoms with E-state index in [2.05, 4.69) is 20.4 Å². The summed E-state index contributed by atoms with van der Waals surface area (Å²) in [6, 6.07) is 11.6. The molecule has 140 valence electrons. The molecule has 2 aromatic rings. The van der Waals surface area contributed by atoms with Gasteiger partial charge in [0.15, 0.2) is 9.84 Å². The van der Waals surface area contributed by atoms with Crippen LogP contribution in [0.15, 0.2) is 54.0 Å². The Labute approximate surface area is 160 Å². The largest absolute Gasteiger partial charge is 0.366 e. The summed E-state index contributed by atoms with van der Waals surface area (Å²) in [6.07, 6.45) is 1.15. The first-order valence-electron chi connectivity index (χ1n) is 8.80. The van der Waals surface area contributed by atoms with Gasteiger partial charge in [-0.05, 0) is 66.1 Å². The number of fused-ring (bicyclic) bond motifs is 1. The van der Waals surface area contributed by atoms with Crippen molar-refractivity contribution in [2.75, 3.05) is 5.75 Å². The maximum absolute atomic E-state index is 11.8. The molecule has 2 aromatic carbocycles. The highest BCUT2D eigenvalue weighted by molar-refractivity contribution is 7.94. The van der Waals surface area contributed by atoms with Gasteiger partial charge in [0, 0.05) is 11.0 Å². The molecule has 5 heteroatoms. The van der Waals surface area contributed by atoms with E-state index >= 15 is 0 Å². The van der Waals surface area contributed by atoms with Gasteiger partial charge in [0.05, 0.1) is 5.75 Å². The van der Waals surface area contributed by atoms with Crippen LogP contribution in [0.2, 0.25) is 0 Å². The monoisotopic (exact) mass is 381 g/mol. The average Bonchev–Trinajstić information content (AvgIpc) is 2.94.